The van der Waals surface area contributed by atoms with Crippen LogP contribution in [0.4, 0.5) is 16.2 Å². The van der Waals surface area contributed by atoms with Gasteiger partial charge in [0, 0.05) is 11.8 Å². The molecule has 2 heterocycles. The molecule has 0 spiro atoms. The molecule has 0 aliphatic carbocycles. The van der Waals surface area contributed by atoms with Gasteiger partial charge < -0.3 is 19.9 Å². The second-order valence-electron chi connectivity index (χ2n) is 9.98. The van der Waals surface area contributed by atoms with Crippen molar-refractivity contribution in [2.24, 2.45) is 0 Å². The van der Waals surface area contributed by atoms with Crippen molar-refractivity contribution in [3.05, 3.63) is 89.7 Å². The van der Waals surface area contributed by atoms with Gasteiger partial charge in [0.15, 0.2) is 5.78 Å². The van der Waals surface area contributed by atoms with E-state index in [4.69, 9.17) is 4.74 Å². The fraction of sp³-hybridized carbons (Fsp3) is 0.276. The van der Waals surface area contributed by atoms with E-state index in [0.717, 1.165) is 5.56 Å². The van der Waals surface area contributed by atoms with Crippen molar-refractivity contribution >= 4 is 35.1 Å². The van der Waals surface area contributed by atoms with Crippen molar-refractivity contribution < 1.29 is 23.9 Å². The van der Waals surface area contributed by atoms with Gasteiger partial charge in [-0.2, -0.15) is 0 Å². The Morgan fingerprint density at radius 1 is 0.974 bits per heavy atom. The number of pyridine rings is 1. The number of benzene rings is 2. The van der Waals surface area contributed by atoms with E-state index in [1.54, 1.807) is 75.4 Å². The highest BCUT2D eigenvalue weighted by molar-refractivity contribution is 6.14. The maximum atomic E-state index is 13.9. The maximum Gasteiger partial charge on any atom is 0.408 e. The molecule has 3 aromatic rings. The lowest BCUT2D eigenvalue weighted by molar-refractivity contribution is -0.120. The first-order valence-corrected chi connectivity index (χ1v) is 12.3. The fourth-order valence-corrected chi connectivity index (χ4v) is 4.24. The molecule has 0 radical (unpaired) electrons. The molecule has 1 N–H and O–H groups in total. The maximum absolute atomic E-state index is 13.9. The quantitative estimate of drug-likeness (QED) is 0.512. The van der Waals surface area contributed by atoms with Crippen LogP contribution < -0.4 is 15.1 Å². The van der Waals surface area contributed by atoms with E-state index in [0.29, 0.717) is 16.9 Å². The molecule has 196 valence electrons. The van der Waals surface area contributed by atoms with Crippen LogP contribution in [0.15, 0.2) is 72.9 Å². The molecule has 0 fully saturated rings. The van der Waals surface area contributed by atoms with Gasteiger partial charge in [0.25, 0.3) is 11.8 Å². The van der Waals surface area contributed by atoms with Crippen LogP contribution in [0, 0.1) is 6.92 Å². The lowest BCUT2D eigenvalue weighted by atomic mass is 10.0. The molecule has 0 bridgehead atoms. The second kappa shape index (κ2) is 10.8. The second-order valence-corrected chi connectivity index (χ2v) is 9.98. The van der Waals surface area contributed by atoms with Gasteiger partial charge >= 0.3 is 6.09 Å². The van der Waals surface area contributed by atoms with E-state index in [1.807, 2.05) is 19.1 Å². The number of fused-ring (bicyclic) bond motifs is 1. The van der Waals surface area contributed by atoms with Gasteiger partial charge in [-0.05, 0) is 57.5 Å². The summed E-state index contributed by atoms with van der Waals surface area (Å²) in [5.74, 6) is -1.26. The Morgan fingerprint density at radius 3 is 2.29 bits per heavy atom. The normalized spacial score (nSPS) is 15.4. The molecule has 1 aliphatic heterocycles. The average Bonchev–Trinajstić information content (AvgIpc) is 2.98. The number of ether oxygens (including phenoxy) is 1. The molecule has 2 aromatic carbocycles. The lowest BCUT2D eigenvalue weighted by Crippen LogP contribution is -2.54. The van der Waals surface area contributed by atoms with Crippen LogP contribution in [0.1, 0.15) is 47.2 Å². The van der Waals surface area contributed by atoms with Gasteiger partial charge in [-0.15, -0.1) is 0 Å². The third kappa shape index (κ3) is 5.88. The number of Topliss-reactive ketones (excluding diaryl/α,β-unsaturated/α-hetero) is 1. The fourth-order valence-electron chi connectivity index (χ4n) is 4.24. The minimum absolute atomic E-state index is 0.176. The van der Waals surface area contributed by atoms with Crippen molar-refractivity contribution in [2.45, 2.75) is 39.3 Å². The summed E-state index contributed by atoms with van der Waals surface area (Å²) in [7, 11) is 0. The Kier molecular flexibility index (Phi) is 7.57. The summed E-state index contributed by atoms with van der Waals surface area (Å²) in [6, 6.07) is 17.7. The highest BCUT2D eigenvalue weighted by atomic mass is 16.6. The topological polar surface area (TPSA) is 109 Å². The molecule has 0 saturated heterocycles. The summed E-state index contributed by atoms with van der Waals surface area (Å²) in [6.07, 6.45) is 0.698. The van der Waals surface area contributed by atoms with Gasteiger partial charge in [0.1, 0.15) is 17.3 Å². The third-order valence-corrected chi connectivity index (χ3v) is 5.96. The minimum atomic E-state index is -1.19. The summed E-state index contributed by atoms with van der Waals surface area (Å²) in [6.45, 7) is 6.49. The van der Waals surface area contributed by atoms with E-state index in [1.165, 1.54) is 16.0 Å². The zero-order valence-electron chi connectivity index (χ0n) is 21.8. The monoisotopic (exact) mass is 514 g/mol. The van der Waals surface area contributed by atoms with E-state index >= 15 is 0 Å². The van der Waals surface area contributed by atoms with Crippen LogP contribution in [-0.2, 0) is 9.53 Å². The molecule has 9 heteroatoms. The summed E-state index contributed by atoms with van der Waals surface area (Å²) < 4.78 is 5.38. The number of aryl methyl sites for hydroxylation is 1. The highest BCUT2D eigenvalue weighted by Gasteiger charge is 2.39. The van der Waals surface area contributed by atoms with Crippen molar-refractivity contribution in [3.8, 4) is 0 Å². The first kappa shape index (κ1) is 26.5. The Balaban J connectivity index is 1.77. The Bertz CT molecular complexity index is 1370. The summed E-state index contributed by atoms with van der Waals surface area (Å²) >= 11 is 0. The van der Waals surface area contributed by atoms with Crippen molar-refractivity contribution in [1.82, 2.24) is 10.3 Å². The van der Waals surface area contributed by atoms with Crippen LogP contribution in [0.5, 0.6) is 0 Å². The molecular formula is C29H30N4O5. The number of alkyl carbamates (subject to hydrolysis) is 1. The number of anilines is 2. The number of carbonyl (C=O) groups is 4. The number of nitrogens with zero attached hydrogens (tertiary/aromatic N) is 3. The van der Waals surface area contributed by atoms with E-state index in [-0.39, 0.29) is 24.6 Å². The van der Waals surface area contributed by atoms with Gasteiger partial charge in [-0.1, -0.05) is 42.5 Å². The third-order valence-electron chi connectivity index (χ3n) is 5.96. The number of hydrogen-bond donors (Lipinski definition) is 1. The summed E-state index contributed by atoms with van der Waals surface area (Å²) in [4.78, 5) is 60.5. The summed E-state index contributed by atoms with van der Waals surface area (Å²) in [5, 5.41) is 2.61. The number of ketones is 1. The van der Waals surface area contributed by atoms with Crippen LogP contribution in [0.25, 0.3) is 0 Å². The zero-order chi connectivity index (χ0) is 27.4. The molecule has 9 nitrogen and oxygen atoms in total. The first-order valence-electron chi connectivity index (χ1n) is 12.3. The van der Waals surface area contributed by atoms with Crippen molar-refractivity contribution in [2.75, 3.05) is 22.9 Å². The minimum Gasteiger partial charge on any atom is -0.444 e. The molecule has 38 heavy (non-hydrogen) atoms. The average molecular weight is 515 g/mol. The van der Waals surface area contributed by atoms with Crippen LogP contribution in [0.2, 0.25) is 0 Å². The number of para-hydroxylation sites is 2. The van der Waals surface area contributed by atoms with Crippen molar-refractivity contribution in [3.63, 3.8) is 0 Å². The van der Waals surface area contributed by atoms with Gasteiger partial charge in [0.05, 0.1) is 24.5 Å². The molecule has 1 atom stereocenters. The molecule has 1 aliphatic rings. The van der Waals surface area contributed by atoms with Gasteiger partial charge in [0.2, 0.25) is 0 Å². The number of aromatic nitrogens is 1. The predicted octanol–water partition coefficient (Wildman–Crippen LogP) is 4.16. The van der Waals surface area contributed by atoms with Crippen LogP contribution >= 0.6 is 0 Å². The lowest BCUT2D eigenvalue weighted by Gasteiger charge is -2.26. The predicted molar refractivity (Wildman–Crippen MR) is 143 cm³/mol. The van der Waals surface area contributed by atoms with E-state index < -0.39 is 29.6 Å². The highest BCUT2D eigenvalue weighted by Crippen LogP contribution is 2.34. The van der Waals surface area contributed by atoms with Gasteiger partial charge in [-0.25, -0.2) is 4.79 Å². The molecule has 1 unspecified atom stereocenters. The smallest absolute Gasteiger partial charge is 0.408 e. The number of rotatable bonds is 5. The van der Waals surface area contributed by atoms with Crippen LogP contribution in [-0.4, -0.2) is 53.4 Å². The molecule has 0 saturated carbocycles. The molecule has 1 aromatic heterocycles. The standard InChI is InChI=1S/C29H30N4O5/c1-19-11-5-6-12-20(19)25(34)18-33-24-15-8-7-14-23(24)32(26(35)21-13-9-10-16-30-21)17-22(27(33)36)31-28(37)38-29(2,3)4/h5-16,22H,17-18H2,1-4H3,(H,31,37). The number of amides is 3. The van der Waals surface area contributed by atoms with Crippen LogP contribution in [0.3, 0.4) is 0 Å². The Hall–Kier alpha value is -4.53. The Morgan fingerprint density at radius 2 is 1.63 bits per heavy atom. The molecular weight excluding hydrogens is 484 g/mol. The number of carbonyl (C=O) groups excluding carboxylic acids is 4. The van der Waals surface area contributed by atoms with E-state index in [2.05, 4.69) is 10.3 Å². The number of nitrogens with one attached hydrogen (secondary N) is 1. The van der Waals surface area contributed by atoms with Gasteiger partial charge in [-0.3, -0.25) is 19.4 Å². The first-order chi connectivity index (χ1) is 18.0. The zero-order valence-corrected chi connectivity index (χ0v) is 21.8. The van der Waals surface area contributed by atoms with Crippen molar-refractivity contribution in [1.29, 1.82) is 0 Å². The number of hydrogen-bond acceptors (Lipinski definition) is 6. The molecule has 3 amide bonds. The Labute approximate surface area is 221 Å². The SMILES string of the molecule is Cc1ccccc1C(=O)CN1C(=O)C(NC(=O)OC(C)(C)C)CN(C(=O)c2ccccn2)c2ccccc21. The van der Waals surface area contributed by atoms with E-state index in [9.17, 15) is 19.2 Å². The largest absolute Gasteiger partial charge is 0.444 e. The molecule has 4 rings (SSSR count). The summed E-state index contributed by atoms with van der Waals surface area (Å²) in [5.41, 5.74) is 1.43.